The molecule has 0 aliphatic rings. The first-order chi connectivity index (χ1) is 8.90. The molecule has 0 aliphatic carbocycles. The van der Waals surface area contributed by atoms with Crippen LogP contribution in [-0.4, -0.2) is 21.1 Å². The fraction of sp³-hybridized carbons (Fsp3) is 0.0714. The Balaban J connectivity index is 2.22. The quantitative estimate of drug-likeness (QED) is 0.782. The maximum atomic E-state index is 8.94. The van der Waals surface area contributed by atoms with E-state index in [0.717, 1.165) is 21.9 Å². The van der Waals surface area contributed by atoms with E-state index in [2.05, 4.69) is 4.98 Å². The molecule has 3 rings (SSSR count). The topological polar surface area (TPSA) is 37.5 Å². The lowest BCUT2D eigenvalue weighted by Gasteiger charge is -1.99. The van der Waals surface area contributed by atoms with Crippen LogP contribution >= 0.6 is 11.3 Å². The molecular formula is C14H12N2OS. The van der Waals surface area contributed by atoms with E-state index in [0.29, 0.717) is 0 Å². The molecule has 3 nitrogen and oxygen atoms in total. The van der Waals surface area contributed by atoms with Crippen molar-refractivity contribution in [3.63, 3.8) is 0 Å². The number of fused-ring (bicyclic) bond motifs is 1. The summed E-state index contributed by atoms with van der Waals surface area (Å²) in [6.07, 6.45) is 5.64. The Morgan fingerprint density at radius 1 is 1.28 bits per heavy atom. The summed E-state index contributed by atoms with van der Waals surface area (Å²) < 4.78 is 2.04. The van der Waals surface area contributed by atoms with Gasteiger partial charge >= 0.3 is 0 Å². The number of aliphatic hydroxyl groups is 1. The molecule has 2 aromatic heterocycles. The fourth-order valence-electron chi connectivity index (χ4n) is 1.94. The van der Waals surface area contributed by atoms with Crippen molar-refractivity contribution >= 4 is 22.4 Å². The summed E-state index contributed by atoms with van der Waals surface area (Å²) in [4.78, 5) is 5.61. The molecule has 0 fully saturated rings. The van der Waals surface area contributed by atoms with E-state index >= 15 is 0 Å². The number of hydrogen-bond donors (Lipinski definition) is 1. The van der Waals surface area contributed by atoms with Gasteiger partial charge in [-0.1, -0.05) is 36.4 Å². The molecule has 0 atom stereocenters. The molecule has 90 valence electrons. The van der Waals surface area contributed by atoms with E-state index in [1.807, 2.05) is 52.4 Å². The van der Waals surface area contributed by atoms with Gasteiger partial charge in [0.15, 0.2) is 4.96 Å². The number of rotatable bonds is 3. The van der Waals surface area contributed by atoms with Crippen LogP contribution in [0.4, 0.5) is 0 Å². The SMILES string of the molecule is OCC=Cc1c(-c2ccccc2)nc2sccn12. The Morgan fingerprint density at radius 2 is 2.11 bits per heavy atom. The Hall–Kier alpha value is -1.91. The van der Waals surface area contributed by atoms with Crippen LogP contribution in [0.2, 0.25) is 0 Å². The molecule has 3 aromatic rings. The van der Waals surface area contributed by atoms with Gasteiger partial charge in [0.1, 0.15) is 0 Å². The number of thiazole rings is 1. The zero-order valence-electron chi connectivity index (χ0n) is 9.65. The molecule has 0 unspecified atom stereocenters. The minimum absolute atomic E-state index is 0.0333. The van der Waals surface area contributed by atoms with Gasteiger partial charge in [-0.2, -0.15) is 0 Å². The maximum Gasteiger partial charge on any atom is 0.194 e. The molecule has 0 saturated carbocycles. The average Bonchev–Trinajstić information content (AvgIpc) is 2.98. The Kier molecular flexibility index (Phi) is 2.96. The summed E-state index contributed by atoms with van der Waals surface area (Å²) in [5.74, 6) is 0. The normalized spacial score (nSPS) is 11.6. The highest BCUT2D eigenvalue weighted by Crippen LogP contribution is 2.27. The molecule has 18 heavy (non-hydrogen) atoms. The fourth-order valence-corrected chi connectivity index (χ4v) is 2.66. The van der Waals surface area contributed by atoms with Gasteiger partial charge in [-0.05, 0) is 6.08 Å². The summed E-state index contributed by atoms with van der Waals surface area (Å²) in [7, 11) is 0. The summed E-state index contributed by atoms with van der Waals surface area (Å²) in [5.41, 5.74) is 3.05. The van der Waals surface area contributed by atoms with Gasteiger partial charge in [0, 0.05) is 17.1 Å². The Labute approximate surface area is 109 Å². The van der Waals surface area contributed by atoms with Crippen molar-refractivity contribution in [3.8, 4) is 11.3 Å². The molecule has 1 N–H and O–H groups in total. The summed E-state index contributed by atoms with van der Waals surface area (Å²) in [6.45, 7) is 0.0333. The Bertz CT molecular complexity index is 682. The van der Waals surface area contributed by atoms with Gasteiger partial charge in [-0.3, -0.25) is 4.40 Å². The van der Waals surface area contributed by atoms with Crippen molar-refractivity contribution in [1.82, 2.24) is 9.38 Å². The molecule has 0 amide bonds. The lowest BCUT2D eigenvalue weighted by atomic mass is 10.1. The molecule has 0 spiro atoms. The number of benzene rings is 1. The van der Waals surface area contributed by atoms with Crippen molar-refractivity contribution in [2.45, 2.75) is 0 Å². The first kappa shape index (κ1) is 11.2. The first-order valence-electron chi connectivity index (χ1n) is 5.68. The highest BCUT2D eigenvalue weighted by Gasteiger charge is 2.11. The minimum atomic E-state index is 0.0333. The summed E-state index contributed by atoms with van der Waals surface area (Å²) in [6, 6.07) is 10.1. The van der Waals surface area contributed by atoms with Crippen LogP contribution in [0.15, 0.2) is 48.0 Å². The smallest absolute Gasteiger partial charge is 0.194 e. The second-order valence-corrected chi connectivity index (χ2v) is 4.73. The van der Waals surface area contributed by atoms with Gasteiger partial charge in [-0.25, -0.2) is 4.98 Å². The van der Waals surface area contributed by atoms with Crippen molar-refractivity contribution < 1.29 is 5.11 Å². The molecule has 4 heteroatoms. The van der Waals surface area contributed by atoms with Crippen molar-refractivity contribution in [2.24, 2.45) is 0 Å². The van der Waals surface area contributed by atoms with Crippen LogP contribution in [0.1, 0.15) is 5.69 Å². The predicted octanol–water partition coefficient (Wildman–Crippen LogP) is 3.07. The lowest BCUT2D eigenvalue weighted by molar-refractivity contribution is 0.343. The van der Waals surface area contributed by atoms with Crippen LogP contribution in [0.25, 0.3) is 22.3 Å². The maximum absolute atomic E-state index is 8.94. The third kappa shape index (κ3) is 1.85. The van der Waals surface area contributed by atoms with Gasteiger partial charge in [0.25, 0.3) is 0 Å². The molecule has 2 heterocycles. The average molecular weight is 256 g/mol. The van der Waals surface area contributed by atoms with E-state index in [9.17, 15) is 0 Å². The van der Waals surface area contributed by atoms with E-state index in [4.69, 9.17) is 5.11 Å². The third-order valence-electron chi connectivity index (χ3n) is 2.73. The van der Waals surface area contributed by atoms with Crippen molar-refractivity contribution in [1.29, 1.82) is 0 Å². The molecular weight excluding hydrogens is 244 g/mol. The van der Waals surface area contributed by atoms with Crippen molar-refractivity contribution in [3.05, 3.63) is 53.7 Å². The standard InChI is InChI=1S/C14H12N2OS/c17-9-4-7-12-13(11-5-2-1-3-6-11)15-14-16(12)8-10-18-14/h1-8,10,17H,9H2. The summed E-state index contributed by atoms with van der Waals surface area (Å²) in [5, 5.41) is 10.9. The highest BCUT2D eigenvalue weighted by molar-refractivity contribution is 7.15. The van der Waals surface area contributed by atoms with E-state index < -0.39 is 0 Å². The van der Waals surface area contributed by atoms with E-state index in [1.165, 1.54) is 0 Å². The van der Waals surface area contributed by atoms with Gasteiger partial charge in [-0.15, -0.1) is 11.3 Å². The largest absolute Gasteiger partial charge is 0.392 e. The zero-order valence-corrected chi connectivity index (χ0v) is 10.5. The molecule has 0 bridgehead atoms. The zero-order chi connectivity index (χ0) is 12.4. The van der Waals surface area contributed by atoms with Crippen molar-refractivity contribution in [2.75, 3.05) is 6.61 Å². The van der Waals surface area contributed by atoms with Crippen LogP contribution in [0, 0.1) is 0 Å². The highest BCUT2D eigenvalue weighted by atomic mass is 32.1. The molecule has 1 aromatic carbocycles. The third-order valence-corrected chi connectivity index (χ3v) is 3.48. The van der Waals surface area contributed by atoms with Crippen LogP contribution in [-0.2, 0) is 0 Å². The van der Waals surface area contributed by atoms with E-state index in [1.54, 1.807) is 17.4 Å². The van der Waals surface area contributed by atoms with E-state index in [-0.39, 0.29) is 6.61 Å². The van der Waals surface area contributed by atoms with Crippen LogP contribution < -0.4 is 0 Å². The number of aromatic nitrogens is 2. The van der Waals surface area contributed by atoms with Crippen LogP contribution in [0.3, 0.4) is 0 Å². The second-order valence-electron chi connectivity index (χ2n) is 3.85. The Morgan fingerprint density at radius 3 is 2.89 bits per heavy atom. The number of aliphatic hydroxyl groups excluding tert-OH is 1. The minimum Gasteiger partial charge on any atom is -0.392 e. The predicted molar refractivity (Wildman–Crippen MR) is 74.6 cm³/mol. The van der Waals surface area contributed by atoms with Gasteiger partial charge < -0.3 is 5.11 Å². The molecule has 0 radical (unpaired) electrons. The van der Waals surface area contributed by atoms with Gasteiger partial charge in [0.05, 0.1) is 18.0 Å². The second kappa shape index (κ2) is 4.76. The summed E-state index contributed by atoms with van der Waals surface area (Å²) >= 11 is 1.61. The van der Waals surface area contributed by atoms with Gasteiger partial charge in [0.2, 0.25) is 0 Å². The molecule has 0 saturated heterocycles. The first-order valence-corrected chi connectivity index (χ1v) is 6.56. The number of nitrogens with zero attached hydrogens (tertiary/aromatic N) is 2. The van der Waals surface area contributed by atoms with Crippen LogP contribution in [0.5, 0.6) is 0 Å². The number of imidazole rings is 1. The molecule has 0 aliphatic heterocycles. The number of hydrogen-bond acceptors (Lipinski definition) is 3. The lowest BCUT2D eigenvalue weighted by Crippen LogP contribution is -1.85. The monoisotopic (exact) mass is 256 g/mol.